The number of benzene rings is 1. The summed E-state index contributed by atoms with van der Waals surface area (Å²) in [6, 6.07) is 6.07. The van der Waals surface area contributed by atoms with Gasteiger partial charge in [-0.3, -0.25) is 0 Å². The summed E-state index contributed by atoms with van der Waals surface area (Å²) in [6.45, 7) is 6.89. The van der Waals surface area contributed by atoms with Gasteiger partial charge in [-0.05, 0) is 37.3 Å². The molecule has 1 fully saturated rings. The SMILES string of the molecule is Cc1ccc2onc(CNC(=O)N[C@@H]3CCC[C@@H](C)[C@@H]3C)c2c1. The van der Waals surface area contributed by atoms with Crippen LogP contribution in [0.2, 0.25) is 0 Å². The molecular weight excluding hydrogens is 290 g/mol. The summed E-state index contributed by atoms with van der Waals surface area (Å²) in [5.41, 5.74) is 2.67. The van der Waals surface area contributed by atoms with Crippen molar-refractivity contribution in [3.05, 3.63) is 29.5 Å². The molecule has 1 heterocycles. The summed E-state index contributed by atoms with van der Waals surface area (Å²) in [4.78, 5) is 12.2. The Kier molecular flexibility index (Phi) is 4.55. The maximum absolute atomic E-state index is 12.2. The van der Waals surface area contributed by atoms with Gasteiger partial charge in [0.2, 0.25) is 0 Å². The molecular formula is C18H25N3O2. The molecule has 1 saturated carbocycles. The van der Waals surface area contributed by atoms with Crippen molar-refractivity contribution in [3.8, 4) is 0 Å². The lowest BCUT2D eigenvalue weighted by molar-refractivity contribution is 0.195. The molecule has 5 heteroatoms. The van der Waals surface area contributed by atoms with Crippen LogP contribution in [0.4, 0.5) is 4.79 Å². The van der Waals surface area contributed by atoms with E-state index in [9.17, 15) is 4.79 Å². The summed E-state index contributed by atoms with van der Waals surface area (Å²) in [5.74, 6) is 1.18. The molecule has 0 radical (unpaired) electrons. The third-order valence-electron chi connectivity index (χ3n) is 5.14. The molecule has 23 heavy (non-hydrogen) atoms. The molecule has 1 aromatic carbocycles. The van der Waals surface area contributed by atoms with Crippen molar-refractivity contribution in [2.24, 2.45) is 11.8 Å². The fourth-order valence-corrected chi connectivity index (χ4v) is 3.40. The van der Waals surface area contributed by atoms with Crippen molar-refractivity contribution < 1.29 is 9.32 Å². The summed E-state index contributed by atoms with van der Waals surface area (Å²) in [7, 11) is 0. The fraction of sp³-hybridized carbons (Fsp3) is 0.556. The van der Waals surface area contributed by atoms with Gasteiger partial charge >= 0.3 is 6.03 Å². The number of hydrogen-bond donors (Lipinski definition) is 2. The van der Waals surface area contributed by atoms with Gasteiger partial charge in [0, 0.05) is 11.4 Å². The van der Waals surface area contributed by atoms with E-state index in [2.05, 4.69) is 29.6 Å². The van der Waals surface area contributed by atoms with E-state index in [1.807, 2.05) is 25.1 Å². The average Bonchev–Trinajstić information content (AvgIpc) is 2.92. The van der Waals surface area contributed by atoms with E-state index in [1.165, 1.54) is 12.8 Å². The van der Waals surface area contributed by atoms with Gasteiger partial charge in [-0.2, -0.15) is 0 Å². The van der Waals surface area contributed by atoms with Crippen LogP contribution in [-0.2, 0) is 6.54 Å². The van der Waals surface area contributed by atoms with Crippen LogP contribution in [0.15, 0.2) is 22.7 Å². The Morgan fingerprint density at radius 3 is 3.00 bits per heavy atom. The molecule has 0 aliphatic heterocycles. The lowest BCUT2D eigenvalue weighted by Crippen LogP contribution is -2.47. The number of amides is 2. The van der Waals surface area contributed by atoms with E-state index in [4.69, 9.17) is 4.52 Å². The van der Waals surface area contributed by atoms with Crippen LogP contribution in [-0.4, -0.2) is 17.2 Å². The molecule has 1 aromatic heterocycles. The Morgan fingerprint density at radius 1 is 1.35 bits per heavy atom. The van der Waals surface area contributed by atoms with Gasteiger partial charge in [0.1, 0.15) is 5.69 Å². The third kappa shape index (κ3) is 3.49. The molecule has 1 aliphatic carbocycles. The Bertz CT molecular complexity index is 695. The first-order chi connectivity index (χ1) is 11.0. The Morgan fingerprint density at radius 2 is 2.17 bits per heavy atom. The number of nitrogens with zero attached hydrogens (tertiary/aromatic N) is 1. The summed E-state index contributed by atoms with van der Waals surface area (Å²) < 4.78 is 5.30. The largest absolute Gasteiger partial charge is 0.356 e. The number of urea groups is 1. The highest BCUT2D eigenvalue weighted by atomic mass is 16.5. The van der Waals surface area contributed by atoms with Crippen molar-refractivity contribution in [2.75, 3.05) is 0 Å². The fourth-order valence-electron chi connectivity index (χ4n) is 3.40. The van der Waals surface area contributed by atoms with Crippen LogP contribution in [0.5, 0.6) is 0 Å². The van der Waals surface area contributed by atoms with E-state index >= 15 is 0 Å². The monoisotopic (exact) mass is 315 g/mol. The summed E-state index contributed by atoms with van der Waals surface area (Å²) in [5, 5.41) is 11.0. The van der Waals surface area contributed by atoms with E-state index in [-0.39, 0.29) is 12.1 Å². The number of carbonyl (C=O) groups is 1. The number of aryl methyl sites for hydroxylation is 1. The molecule has 0 unspecified atom stereocenters. The van der Waals surface area contributed by atoms with E-state index in [1.54, 1.807) is 0 Å². The number of hydrogen-bond acceptors (Lipinski definition) is 3. The van der Waals surface area contributed by atoms with Crippen molar-refractivity contribution in [3.63, 3.8) is 0 Å². The molecule has 0 saturated heterocycles. The third-order valence-corrected chi connectivity index (χ3v) is 5.14. The van der Waals surface area contributed by atoms with E-state index < -0.39 is 0 Å². The zero-order valence-corrected chi connectivity index (χ0v) is 14.1. The molecule has 5 nitrogen and oxygen atoms in total. The van der Waals surface area contributed by atoms with Gasteiger partial charge in [-0.25, -0.2) is 4.79 Å². The number of carbonyl (C=O) groups excluding carboxylic acids is 1. The van der Waals surface area contributed by atoms with Crippen molar-refractivity contribution in [1.29, 1.82) is 0 Å². The predicted molar refractivity (Wildman–Crippen MR) is 90.1 cm³/mol. The first-order valence-corrected chi connectivity index (χ1v) is 8.44. The molecule has 124 valence electrons. The zero-order valence-electron chi connectivity index (χ0n) is 14.1. The van der Waals surface area contributed by atoms with Crippen molar-refractivity contribution >= 4 is 17.0 Å². The van der Waals surface area contributed by atoms with Crippen LogP contribution in [0, 0.1) is 18.8 Å². The number of fused-ring (bicyclic) bond motifs is 1. The van der Waals surface area contributed by atoms with Gasteiger partial charge in [0.25, 0.3) is 0 Å². The molecule has 2 aromatic rings. The van der Waals surface area contributed by atoms with Gasteiger partial charge in [-0.1, -0.05) is 43.5 Å². The second kappa shape index (κ2) is 6.60. The van der Waals surface area contributed by atoms with Gasteiger partial charge < -0.3 is 15.2 Å². The second-order valence-electron chi connectivity index (χ2n) is 6.83. The van der Waals surface area contributed by atoms with Gasteiger partial charge in [0.15, 0.2) is 5.58 Å². The van der Waals surface area contributed by atoms with Crippen LogP contribution in [0.1, 0.15) is 44.4 Å². The van der Waals surface area contributed by atoms with Crippen LogP contribution >= 0.6 is 0 Å². The highest BCUT2D eigenvalue weighted by Gasteiger charge is 2.28. The smallest absolute Gasteiger partial charge is 0.315 e. The second-order valence-corrected chi connectivity index (χ2v) is 6.83. The number of nitrogens with one attached hydrogen (secondary N) is 2. The lowest BCUT2D eigenvalue weighted by Gasteiger charge is -2.34. The molecule has 3 rings (SSSR count). The van der Waals surface area contributed by atoms with Crippen molar-refractivity contribution in [1.82, 2.24) is 15.8 Å². The van der Waals surface area contributed by atoms with E-state index in [0.29, 0.717) is 18.4 Å². The number of aromatic nitrogens is 1. The summed E-state index contributed by atoms with van der Waals surface area (Å²) >= 11 is 0. The Labute approximate surface area is 136 Å². The minimum Gasteiger partial charge on any atom is -0.356 e. The maximum Gasteiger partial charge on any atom is 0.315 e. The normalized spacial score (nSPS) is 24.6. The van der Waals surface area contributed by atoms with E-state index in [0.717, 1.165) is 28.6 Å². The molecule has 0 bridgehead atoms. The predicted octanol–water partition coefficient (Wildman–Crippen LogP) is 3.76. The molecule has 2 amide bonds. The van der Waals surface area contributed by atoms with Crippen LogP contribution in [0.3, 0.4) is 0 Å². The van der Waals surface area contributed by atoms with Gasteiger partial charge in [0.05, 0.1) is 6.54 Å². The molecule has 3 atom stereocenters. The summed E-state index contributed by atoms with van der Waals surface area (Å²) in [6.07, 6.45) is 3.50. The number of rotatable bonds is 3. The minimum atomic E-state index is -0.125. The highest BCUT2D eigenvalue weighted by molar-refractivity contribution is 5.81. The maximum atomic E-state index is 12.2. The zero-order chi connectivity index (χ0) is 16.4. The Hall–Kier alpha value is -2.04. The standard InChI is InChI=1S/C18H25N3O2/c1-11-7-8-17-14(9-11)16(21-23-17)10-19-18(22)20-15-6-4-5-12(2)13(15)3/h7-9,12-13,15H,4-6,10H2,1-3H3,(H2,19,20,22)/t12-,13+,15-/m1/s1. The molecule has 0 spiro atoms. The first-order valence-electron chi connectivity index (χ1n) is 8.44. The van der Waals surface area contributed by atoms with Crippen LogP contribution < -0.4 is 10.6 Å². The minimum absolute atomic E-state index is 0.125. The lowest BCUT2D eigenvalue weighted by atomic mass is 9.78. The van der Waals surface area contributed by atoms with Gasteiger partial charge in [-0.15, -0.1) is 0 Å². The topological polar surface area (TPSA) is 67.2 Å². The Balaban J connectivity index is 1.59. The average molecular weight is 315 g/mol. The quantitative estimate of drug-likeness (QED) is 0.906. The highest BCUT2D eigenvalue weighted by Crippen LogP contribution is 2.29. The van der Waals surface area contributed by atoms with Crippen LogP contribution in [0.25, 0.3) is 11.0 Å². The van der Waals surface area contributed by atoms with Crippen molar-refractivity contribution in [2.45, 2.75) is 52.6 Å². The first kappa shape index (κ1) is 15.8. The molecule has 1 aliphatic rings. The molecule has 2 N–H and O–H groups in total.